The van der Waals surface area contributed by atoms with Crippen molar-refractivity contribution >= 4 is 5.78 Å². The molecule has 0 bridgehead atoms. The quantitative estimate of drug-likeness (QED) is 0.532. The smallest absolute Gasteiger partial charge is 0.195 e. The molecule has 0 radical (unpaired) electrons. The molecule has 4 fully saturated rings. The largest absolute Gasteiger partial charge is 0.344 e. The molecular weight excluding hydrogens is 420 g/mol. The number of fused-ring (bicyclic) bond motifs is 4. The number of allylic oxidation sites excluding steroid dienone is 5. The van der Waals surface area contributed by atoms with Crippen molar-refractivity contribution in [2.24, 2.45) is 11.8 Å². The Hall–Kier alpha value is -1.31. The molecule has 3 aliphatic heterocycles. The van der Waals surface area contributed by atoms with Crippen LogP contribution in [0, 0.1) is 11.8 Å². The first-order chi connectivity index (χ1) is 15.6. The van der Waals surface area contributed by atoms with Crippen LogP contribution in [0.4, 0.5) is 0 Å². The molecule has 1 saturated carbocycles. The highest BCUT2D eigenvalue weighted by molar-refractivity contribution is 6.00. The maximum Gasteiger partial charge on any atom is 0.195 e. The Labute approximate surface area is 196 Å². The van der Waals surface area contributed by atoms with Gasteiger partial charge in [-0.05, 0) is 83.4 Å². The summed E-state index contributed by atoms with van der Waals surface area (Å²) in [5, 5.41) is 0. The van der Waals surface area contributed by atoms with Crippen LogP contribution in [0.15, 0.2) is 33.9 Å². The summed E-state index contributed by atoms with van der Waals surface area (Å²) >= 11 is 0. The molecule has 0 N–H and O–H groups in total. The van der Waals surface area contributed by atoms with Crippen molar-refractivity contribution in [2.75, 3.05) is 0 Å². The van der Waals surface area contributed by atoms with Gasteiger partial charge in [0.2, 0.25) is 0 Å². The lowest BCUT2D eigenvalue weighted by Gasteiger charge is -2.46. The van der Waals surface area contributed by atoms with Gasteiger partial charge >= 0.3 is 0 Å². The molecule has 8 atom stereocenters. The van der Waals surface area contributed by atoms with Gasteiger partial charge in [0.05, 0.1) is 6.10 Å². The molecule has 3 aliphatic carbocycles. The molecule has 0 amide bonds. The average molecular weight is 457 g/mol. The van der Waals surface area contributed by atoms with Crippen LogP contribution in [0.2, 0.25) is 0 Å². The summed E-state index contributed by atoms with van der Waals surface area (Å²) in [4.78, 5) is 13.3. The van der Waals surface area contributed by atoms with E-state index in [2.05, 4.69) is 19.9 Å². The first-order valence-electron chi connectivity index (χ1n) is 12.6. The summed E-state index contributed by atoms with van der Waals surface area (Å²) in [5.41, 5.74) is 5.82. The molecule has 0 aromatic carbocycles. The molecule has 1 spiro atoms. The van der Waals surface area contributed by atoms with Crippen LogP contribution in [-0.2, 0) is 28.5 Å². The Kier molecular flexibility index (Phi) is 4.94. The van der Waals surface area contributed by atoms with E-state index < -0.39 is 17.9 Å². The molecule has 6 rings (SSSR count). The lowest BCUT2D eigenvalue weighted by Crippen LogP contribution is -2.53. The van der Waals surface area contributed by atoms with E-state index in [-0.39, 0.29) is 36.1 Å². The van der Waals surface area contributed by atoms with Crippen molar-refractivity contribution in [3.8, 4) is 0 Å². The molecule has 33 heavy (non-hydrogen) atoms. The van der Waals surface area contributed by atoms with E-state index >= 15 is 0 Å². The third kappa shape index (κ3) is 3.29. The second kappa shape index (κ2) is 7.34. The van der Waals surface area contributed by atoms with E-state index in [0.717, 1.165) is 36.8 Å². The molecule has 6 nitrogen and oxygen atoms in total. The normalized spacial score (nSPS) is 45.8. The lowest BCUT2D eigenvalue weighted by atomic mass is 9.62. The molecule has 0 aromatic heterocycles. The van der Waals surface area contributed by atoms with Crippen LogP contribution in [0.3, 0.4) is 0 Å². The number of carbonyl (C=O) groups excluding carboxylic acids is 1. The summed E-state index contributed by atoms with van der Waals surface area (Å²) in [6, 6.07) is 0. The van der Waals surface area contributed by atoms with Gasteiger partial charge in [0.15, 0.2) is 23.6 Å². The fourth-order valence-electron chi connectivity index (χ4n) is 7.10. The minimum atomic E-state index is -0.916. The van der Waals surface area contributed by atoms with Crippen molar-refractivity contribution in [3.05, 3.63) is 33.9 Å². The highest BCUT2D eigenvalue weighted by atomic mass is 16.9. The van der Waals surface area contributed by atoms with E-state index in [9.17, 15) is 4.79 Å². The van der Waals surface area contributed by atoms with Gasteiger partial charge in [0, 0.05) is 24.3 Å². The van der Waals surface area contributed by atoms with Crippen molar-refractivity contribution < 1.29 is 28.5 Å². The highest BCUT2D eigenvalue weighted by Gasteiger charge is 2.64. The maximum absolute atomic E-state index is 13.3. The number of Topliss-reactive ketones (excluding diaryl/α,β-unsaturated/α-hetero) is 1. The first-order valence-corrected chi connectivity index (χ1v) is 12.6. The molecule has 3 saturated heterocycles. The topological polar surface area (TPSA) is 63.2 Å². The number of hydrogen-bond donors (Lipinski definition) is 0. The van der Waals surface area contributed by atoms with Gasteiger partial charge < -0.3 is 23.7 Å². The van der Waals surface area contributed by atoms with Crippen LogP contribution in [-0.4, -0.2) is 48.1 Å². The molecule has 0 unspecified atom stereocenters. The summed E-state index contributed by atoms with van der Waals surface area (Å²) in [5.74, 6) is -0.658. The summed E-state index contributed by atoms with van der Waals surface area (Å²) in [6.07, 6.45) is 5.17. The number of carbonyl (C=O) groups is 1. The van der Waals surface area contributed by atoms with Crippen molar-refractivity contribution in [2.45, 2.75) is 116 Å². The zero-order valence-corrected chi connectivity index (χ0v) is 20.6. The molecule has 6 heteroatoms. The second-order valence-electron chi connectivity index (χ2n) is 11.4. The fraction of sp³-hybridized carbons (Fsp3) is 0.741. The Morgan fingerprint density at radius 3 is 2.48 bits per heavy atom. The van der Waals surface area contributed by atoms with Crippen LogP contribution < -0.4 is 0 Å². The zero-order valence-electron chi connectivity index (χ0n) is 20.6. The van der Waals surface area contributed by atoms with Gasteiger partial charge in [0.25, 0.3) is 0 Å². The SMILES string of the molecule is CC(C)=C[C@H]1CC[C@H]2CC[C@@]3(O[C@@H]4O[C@@H](C)[C@H]5OC(C)(C)O[C@H]5[C@@H]4O3)C3=C2C1=C(C)C(=O)C3. The van der Waals surface area contributed by atoms with Crippen LogP contribution in [0.5, 0.6) is 0 Å². The third-order valence-corrected chi connectivity index (χ3v) is 8.40. The maximum atomic E-state index is 13.3. The predicted octanol–water partition coefficient (Wildman–Crippen LogP) is 4.74. The van der Waals surface area contributed by atoms with Crippen LogP contribution in [0.1, 0.15) is 73.6 Å². The third-order valence-electron chi connectivity index (χ3n) is 8.40. The Balaban J connectivity index is 1.42. The van der Waals surface area contributed by atoms with E-state index in [0.29, 0.717) is 12.3 Å². The highest BCUT2D eigenvalue weighted by Crippen LogP contribution is 2.57. The summed E-state index contributed by atoms with van der Waals surface area (Å²) in [6.45, 7) is 12.1. The standard InChI is InChI=1S/C27H36O6/c1-13(2)11-17-8-7-16-9-10-27(18-12-19(28)14(3)20(17)21(16)18)32-24-23-22(30-26(5,6)31-23)15(4)29-25(24)33-27/h11,15-17,22-25H,7-10,12H2,1-6H3/t15-,16-,17+,22+,23+,24-,25-,27+/m0/s1. The Morgan fingerprint density at radius 1 is 0.970 bits per heavy atom. The van der Waals surface area contributed by atoms with E-state index in [1.807, 2.05) is 27.7 Å². The molecule has 3 heterocycles. The van der Waals surface area contributed by atoms with Crippen molar-refractivity contribution in [3.63, 3.8) is 0 Å². The predicted molar refractivity (Wildman–Crippen MR) is 121 cm³/mol. The first kappa shape index (κ1) is 22.2. The zero-order chi connectivity index (χ0) is 23.3. The van der Waals surface area contributed by atoms with E-state index in [1.54, 1.807) is 0 Å². The minimum Gasteiger partial charge on any atom is -0.344 e. The van der Waals surface area contributed by atoms with Crippen LogP contribution >= 0.6 is 0 Å². The van der Waals surface area contributed by atoms with Gasteiger partial charge in [0.1, 0.15) is 18.3 Å². The van der Waals surface area contributed by atoms with Gasteiger partial charge in [-0.1, -0.05) is 11.6 Å². The average Bonchev–Trinajstić information content (AvgIpc) is 3.26. The Morgan fingerprint density at radius 2 is 1.73 bits per heavy atom. The van der Waals surface area contributed by atoms with Crippen molar-refractivity contribution in [1.82, 2.24) is 0 Å². The van der Waals surface area contributed by atoms with Gasteiger partial charge in [-0.25, -0.2) is 0 Å². The Bertz CT molecular complexity index is 985. The van der Waals surface area contributed by atoms with Crippen molar-refractivity contribution in [1.29, 1.82) is 0 Å². The molecule has 6 aliphatic rings. The van der Waals surface area contributed by atoms with Gasteiger partial charge in [-0.2, -0.15) is 0 Å². The number of ether oxygens (including phenoxy) is 5. The second-order valence-corrected chi connectivity index (χ2v) is 11.4. The molecule has 180 valence electrons. The van der Waals surface area contributed by atoms with E-state index in [1.165, 1.54) is 16.7 Å². The molecular formula is C27H36O6. The van der Waals surface area contributed by atoms with Crippen LogP contribution in [0.25, 0.3) is 0 Å². The summed E-state index contributed by atoms with van der Waals surface area (Å²) in [7, 11) is 0. The van der Waals surface area contributed by atoms with E-state index in [4.69, 9.17) is 23.7 Å². The number of rotatable bonds is 1. The minimum absolute atomic E-state index is 0.159. The van der Waals surface area contributed by atoms with Gasteiger partial charge in [-0.15, -0.1) is 0 Å². The number of hydrogen-bond acceptors (Lipinski definition) is 6. The molecule has 0 aromatic rings. The van der Waals surface area contributed by atoms with Gasteiger partial charge in [-0.3, -0.25) is 4.79 Å². The lowest BCUT2D eigenvalue weighted by molar-refractivity contribution is -0.232. The monoisotopic (exact) mass is 456 g/mol. The fourth-order valence-corrected chi connectivity index (χ4v) is 7.10. The summed E-state index contributed by atoms with van der Waals surface area (Å²) < 4.78 is 32.1. The number of ketones is 1.